The van der Waals surface area contributed by atoms with Crippen LogP contribution >= 0.6 is 0 Å². The Morgan fingerprint density at radius 3 is 1.33 bits per heavy atom. The van der Waals surface area contributed by atoms with Gasteiger partial charge in [0.25, 0.3) is 0 Å². The zero-order valence-electron chi connectivity index (χ0n) is 6.93. The topological polar surface area (TPSA) is 164 Å². The van der Waals surface area contributed by atoms with E-state index in [1.165, 1.54) is 0 Å². The zero-order chi connectivity index (χ0) is 10.6. The second-order valence-corrected chi connectivity index (χ2v) is 2.48. The number of rotatable bonds is 5. The van der Waals surface area contributed by atoms with Crippen molar-refractivity contribution in [2.45, 2.75) is 18.4 Å². The summed E-state index contributed by atoms with van der Waals surface area (Å²) in [5.74, 6) is -5.02. The largest absolute Gasteiger partial charge is 0.481 e. The molecule has 0 rings (SSSR count). The average molecular weight is 240 g/mol. The fraction of sp³-hybridized carbons (Fsp3) is 0.500. The molecule has 9 heteroatoms. The van der Waals surface area contributed by atoms with Gasteiger partial charge in [0.05, 0.1) is 12.8 Å². The van der Waals surface area contributed by atoms with Crippen molar-refractivity contribution < 1.29 is 40.3 Å². The van der Waals surface area contributed by atoms with Gasteiger partial charge in [0.2, 0.25) is 0 Å². The highest BCUT2D eigenvalue weighted by molar-refractivity contribution is 5.88. The van der Waals surface area contributed by atoms with Crippen molar-refractivity contribution >= 4 is 35.3 Å². The van der Waals surface area contributed by atoms with E-state index in [0.717, 1.165) is 0 Å². The van der Waals surface area contributed by atoms with E-state index in [4.69, 9.17) is 20.4 Å². The third kappa shape index (κ3) is 6.87. The molecule has 0 saturated carbocycles. The Hall–Kier alpha value is -1.14. The summed E-state index contributed by atoms with van der Waals surface area (Å²) in [7, 11) is 0. The summed E-state index contributed by atoms with van der Waals surface area (Å²) in [6, 6.07) is 0. The molecule has 0 spiro atoms. The Balaban J connectivity index is -0.000000720. The van der Waals surface area contributed by atoms with E-state index in [9.17, 15) is 14.4 Å². The van der Waals surface area contributed by atoms with Crippen molar-refractivity contribution in [1.82, 2.24) is 0 Å². The predicted molar refractivity (Wildman–Crippen MR) is 50.6 cm³/mol. The molecule has 0 aromatic rings. The molecule has 0 aliphatic carbocycles. The number of hydrogen-bond donors (Lipinski definition) is 4. The minimum absolute atomic E-state index is 0. The number of aliphatic hydroxyl groups is 1. The van der Waals surface area contributed by atoms with E-state index >= 15 is 0 Å². The molecule has 0 atom stereocenters. The summed E-state index contributed by atoms with van der Waals surface area (Å²) < 4.78 is 0. The van der Waals surface area contributed by atoms with Crippen molar-refractivity contribution in [2.24, 2.45) is 0 Å². The van der Waals surface area contributed by atoms with Crippen LogP contribution in [0.25, 0.3) is 0 Å². The first kappa shape index (κ1) is 19.4. The van der Waals surface area contributed by atoms with Gasteiger partial charge in [-0.3, -0.25) is 9.59 Å². The van der Waals surface area contributed by atoms with Crippen LogP contribution in [0.3, 0.4) is 0 Å². The van der Waals surface area contributed by atoms with Gasteiger partial charge in [0.15, 0.2) is 23.0 Å². The minimum atomic E-state index is -2.74. The molecule has 6 N–H and O–H groups in total. The highest BCUT2D eigenvalue weighted by atomic mass is 27.0. The Labute approximate surface area is 94.6 Å². The van der Waals surface area contributed by atoms with E-state index in [-0.39, 0.29) is 22.8 Å². The first-order valence-corrected chi connectivity index (χ1v) is 3.17. The molecule has 15 heavy (non-hydrogen) atoms. The molecular weight excluding hydrogens is 227 g/mol. The van der Waals surface area contributed by atoms with Crippen molar-refractivity contribution in [2.75, 3.05) is 0 Å². The maximum atomic E-state index is 10.3. The summed E-state index contributed by atoms with van der Waals surface area (Å²) in [4.78, 5) is 30.5. The maximum Gasteiger partial charge on any atom is 0.336 e. The van der Waals surface area contributed by atoms with E-state index in [2.05, 4.69) is 0 Å². The van der Waals surface area contributed by atoms with Gasteiger partial charge in [-0.15, -0.1) is 0 Å². The highest BCUT2D eigenvalue weighted by Crippen LogP contribution is 2.15. The third-order valence-electron chi connectivity index (χ3n) is 1.29. The van der Waals surface area contributed by atoms with E-state index in [0.29, 0.717) is 0 Å². The molecule has 0 aromatic carbocycles. The van der Waals surface area contributed by atoms with Gasteiger partial charge in [-0.1, -0.05) is 0 Å². The van der Waals surface area contributed by atoms with Crippen LogP contribution in [-0.4, -0.2) is 66.8 Å². The van der Waals surface area contributed by atoms with Crippen molar-refractivity contribution in [1.29, 1.82) is 0 Å². The lowest BCUT2D eigenvalue weighted by Crippen LogP contribution is -2.42. The normalized spacial score (nSPS) is 9.40. The number of aliphatic carboxylic acids is 3. The Morgan fingerprint density at radius 1 is 0.933 bits per heavy atom. The van der Waals surface area contributed by atoms with Gasteiger partial charge in [-0.05, 0) is 0 Å². The summed E-state index contributed by atoms with van der Waals surface area (Å²) in [5, 5.41) is 33.8. The molecule has 0 aliphatic rings. The Bertz CT molecular complexity index is 234. The average Bonchev–Trinajstić information content (AvgIpc) is 1.82. The molecule has 88 valence electrons. The number of carboxylic acids is 3. The second-order valence-electron chi connectivity index (χ2n) is 2.48. The quantitative estimate of drug-likeness (QED) is 0.366. The highest BCUT2D eigenvalue weighted by Gasteiger charge is 2.40. The third-order valence-corrected chi connectivity index (χ3v) is 1.29. The van der Waals surface area contributed by atoms with Crippen LogP contribution in [-0.2, 0) is 14.4 Å². The van der Waals surface area contributed by atoms with Crippen LogP contribution in [0, 0.1) is 0 Å². The van der Waals surface area contributed by atoms with Gasteiger partial charge in [-0.25, -0.2) is 4.79 Å². The summed E-state index contributed by atoms with van der Waals surface area (Å²) in [5.41, 5.74) is -2.74. The monoisotopic (exact) mass is 240 g/mol. The molecule has 0 radical (unpaired) electrons. The molecule has 8 nitrogen and oxygen atoms in total. The van der Waals surface area contributed by atoms with Gasteiger partial charge in [0.1, 0.15) is 0 Å². The molecule has 0 fully saturated rings. The van der Waals surface area contributed by atoms with Gasteiger partial charge in [0, 0.05) is 0 Å². The maximum absolute atomic E-state index is 10.3. The Kier molecular flexibility index (Phi) is 9.32. The van der Waals surface area contributed by atoms with Crippen LogP contribution in [0.1, 0.15) is 12.8 Å². The van der Waals surface area contributed by atoms with Crippen molar-refractivity contribution in [3.8, 4) is 0 Å². The summed E-state index contributed by atoms with van der Waals surface area (Å²) in [6.07, 6.45) is -2.29. The predicted octanol–water partition coefficient (Wildman–Crippen LogP) is -3.26. The number of carboxylic acid groups (broad SMARTS) is 3. The fourth-order valence-electron chi connectivity index (χ4n) is 0.714. The van der Waals surface area contributed by atoms with E-state index in [1.807, 2.05) is 0 Å². The number of hydrogen-bond acceptors (Lipinski definition) is 4. The lowest BCUT2D eigenvalue weighted by Gasteiger charge is -2.18. The molecule has 0 aliphatic heterocycles. The van der Waals surface area contributed by atoms with E-state index < -0.39 is 36.4 Å². The molecule has 0 bridgehead atoms. The Morgan fingerprint density at radius 2 is 1.20 bits per heavy atom. The van der Waals surface area contributed by atoms with Crippen LogP contribution in [0.4, 0.5) is 0 Å². The fourth-order valence-corrected chi connectivity index (χ4v) is 0.714. The molecule has 0 amide bonds. The SMILES string of the molecule is O.O=C(O)CC(O)(CC(=O)O)C(=O)O.[AlH3]. The molecule has 0 heterocycles. The summed E-state index contributed by atoms with van der Waals surface area (Å²) in [6.45, 7) is 0. The van der Waals surface area contributed by atoms with Crippen LogP contribution in [0.15, 0.2) is 0 Å². The first-order valence-electron chi connectivity index (χ1n) is 3.17. The smallest absolute Gasteiger partial charge is 0.336 e. The van der Waals surface area contributed by atoms with Crippen molar-refractivity contribution in [3.05, 3.63) is 0 Å². The number of carbonyl (C=O) groups is 3. The van der Waals surface area contributed by atoms with Crippen LogP contribution in [0.5, 0.6) is 0 Å². The first-order chi connectivity index (χ1) is 5.78. The molecular formula is C6H13AlO8. The van der Waals surface area contributed by atoms with Gasteiger partial charge >= 0.3 is 17.9 Å². The van der Waals surface area contributed by atoms with Crippen molar-refractivity contribution in [3.63, 3.8) is 0 Å². The second kappa shape index (κ2) is 7.19. The van der Waals surface area contributed by atoms with Gasteiger partial charge < -0.3 is 25.9 Å². The lowest BCUT2D eigenvalue weighted by atomic mass is 9.96. The van der Waals surface area contributed by atoms with Crippen LogP contribution in [0.2, 0.25) is 0 Å². The molecule has 0 saturated heterocycles. The molecule has 0 unspecified atom stereocenters. The van der Waals surface area contributed by atoms with Crippen LogP contribution < -0.4 is 0 Å². The zero-order valence-corrected chi connectivity index (χ0v) is 6.93. The van der Waals surface area contributed by atoms with Gasteiger partial charge in [-0.2, -0.15) is 0 Å². The molecule has 0 aromatic heterocycles. The minimum Gasteiger partial charge on any atom is -0.481 e. The lowest BCUT2D eigenvalue weighted by molar-refractivity contribution is -0.170. The van der Waals surface area contributed by atoms with E-state index in [1.54, 1.807) is 0 Å². The standard InChI is InChI=1S/C6H8O7.Al.H2O.3H/c7-3(8)1-6(13,5(11)12)2-4(9)10;;;;;/h13H,1-2H2,(H,7,8)(H,9,10)(H,11,12);;1H2;;;. The summed E-state index contributed by atoms with van der Waals surface area (Å²) >= 11 is 0.